The van der Waals surface area contributed by atoms with Gasteiger partial charge in [0.2, 0.25) is 0 Å². The number of benzene rings is 1. The first-order chi connectivity index (χ1) is 11.5. The molecule has 0 saturated heterocycles. The van der Waals surface area contributed by atoms with Crippen molar-refractivity contribution < 1.29 is 13.9 Å². The fourth-order valence-electron chi connectivity index (χ4n) is 2.63. The Hall–Kier alpha value is -2.30. The lowest BCUT2D eigenvalue weighted by molar-refractivity contribution is -0.123. The van der Waals surface area contributed by atoms with Crippen LogP contribution in [-0.2, 0) is 4.79 Å². The van der Waals surface area contributed by atoms with Crippen LogP contribution in [0.4, 0.5) is 0 Å². The third-order valence-electron chi connectivity index (χ3n) is 3.94. The van der Waals surface area contributed by atoms with E-state index in [9.17, 15) is 9.59 Å². The van der Waals surface area contributed by atoms with E-state index < -0.39 is 5.63 Å². The molecule has 0 radical (unpaired) electrons. The van der Waals surface area contributed by atoms with E-state index >= 15 is 0 Å². The molecule has 1 aromatic heterocycles. The highest BCUT2D eigenvalue weighted by atomic mass is 16.5. The summed E-state index contributed by atoms with van der Waals surface area (Å²) in [4.78, 5) is 23.4. The van der Waals surface area contributed by atoms with E-state index in [1.54, 1.807) is 12.1 Å². The molecule has 2 rings (SSSR count). The van der Waals surface area contributed by atoms with E-state index in [2.05, 4.69) is 12.2 Å². The Bertz CT molecular complexity index is 751. The Morgan fingerprint density at radius 2 is 2.08 bits per heavy atom. The van der Waals surface area contributed by atoms with Crippen molar-refractivity contribution in [1.29, 1.82) is 0 Å². The van der Waals surface area contributed by atoms with E-state index in [0.717, 1.165) is 23.8 Å². The molecule has 0 unspecified atom stereocenters. The molecule has 2 aromatic rings. The first-order valence-corrected chi connectivity index (χ1v) is 8.46. The van der Waals surface area contributed by atoms with Crippen molar-refractivity contribution in [2.24, 2.45) is 0 Å². The smallest absolute Gasteiger partial charge is 0.336 e. The molecule has 1 aromatic carbocycles. The second kappa shape index (κ2) is 8.52. The number of aryl methyl sites for hydroxylation is 1. The van der Waals surface area contributed by atoms with Gasteiger partial charge in [-0.25, -0.2) is 4.79 Å². The highest BCUT2D eigenvalue weighted by Gasteiger charge is 2.09. The van der Waals surface area contributed by atoms with Crippen LogP contribution in [0.3, 0.4) is 0 Å². The molecule has 1 N–H and O–H groups in total. The SMILES string of the molecule is CCCCC[C@@H](C)NC(=O)COc1ccc2c(C)cc(=O)oc2c1. The molecule has 0 fully saturated rings. The molecular weight excluding hydrogens is 306 g/mol. The van der Waals surface area contributed by atoms with Crippen molar-refractivity contribution in [3.63, 3.8) is 0 Å². The molecule has 130 valence electrons. The normalized spacial score (nSPS) is 12.1. The predicted molar refractivity (Wildman–Crippen MR) is 94.5 cm³/mol. The van der Waals surface area contributed by atoms with Crippen molar-refractivity contribution in [3.8, 4) is 5.75 Å². The Labute approximate surface area is 142 Å². The number of ether oxygens (including phenoxy) is 1. The van der Waals surface area contributed by atoms with Crippen molar-refractivity contribution in [2.45, 2.75) is 52.5 Å². The molecule has 0 aliphatic carbocycles. The average Bonchev–Trinajstić information content (AvgIpc) is 2.52. The zero-order valence-corrected chi connectivity index (χ0v) is 14.6. The molecule has 5 nitrogen and oxygen atoms in total. The Morgan fingerprint density at radius 3 is 2.83 bits per heavy atom. The number of carbonyl (C=O) groups excluding carboxylic acids is 1. The molecule has 1 heterocycles. The van der Waals surface area contributed by atoms with Crippen LogP contribution < -0.4 is 15.7 Å². The van der Waals surface area contributed by atoms with Gasteiger partial charge in [0.25, 0.3) is 5.91 Å². The van der Waals surface area contributed by atoms with Crippen molar-refractivity contribution in [3.05, 3.63) is 40.2 Å². The number of carbonyl (C=O) groups is 1. The standard InChI is InChI=1S/C19H25NO4/c1-4-5-6-7-14(3)20-18(21)12-23-15-8-9-16-13(2)10-19(22)24-17(16)11-15/h8-11,14H,4-7,12H2,1-3H3,(H,20,21)/t14-/m1/s1. The molecule has 1 atom stereocenters. The van der Waals surface area contributed by atoms with Gasteiger partial charge in [-0.1, -0.05) is 26.2 Å². The second-order valence-corrected chi connectivity index (χ2v) is 6.16. The minimum Gasteiger partial charge on any atom is -0.484 e. The zero-order chi connectivity index (χ0) is 17.5. The molecule has 24 heavy (non-hydrogen) atoms. The Kier molecular flexibility index (Phi) is 6.41. The van der Waals surface area contributed by atoms with Gasteiger partial charge in [-0.15, -0.1) is 0 Å². The van der Waals surface area contributed by atoms with E-state index in [4.69, 9.17) is 9.15 Å². The molecular formula is C19H25NO4. The highest BCUT2D eigenvalue weighted by molar-refractivity contribution is 5.81. The van der Waals surface area contributed by atoms with Crippen LogP contribution in [0.5, 0.6) is 5.75 Å². The Morgan fingerprint density at radius 1 is 1.29 bits per heavy atom. The summed E-state index contributed by atoms with van der Waals surface area (Å²) in [5, 5.41) is 3.78. The second-order valence-electron chi connectivity index (χ2n) is 6.16. The van der Waals surface area contributed by atoms with Crippen molar-refractivity contribution in [2.75, 3.05) is 6.61 Å². The van der Waals surface area contributed by atoms with E-state index in [1.807, 2.05) is 19.9 Å². The van der Waals surface area contributed by atoms with E-state index in [-0.39, 0.29) is 18.6 Å². The minimum absolute atomic E-state index is 0.0559. The number of nitrogens with one attached hydrogen (secondary N) is 1. The van der Waals surface area contributed by atoms with Gasteiger partial charge < -0.3 is 14.5 Å². The maximum atomic E-state index is 11.9. The number of fused-ring (bicyclic) bond motifs is 1. The van der Waals surface area contributed by atoms with Gasteiger partial charge in [-0.2, -0.15) is 0 Å². The third kappa shape index (κ3) is 5.11. The predicted octanol–water partition coefficient (Wildman–Crippen LogP) is 3.57. The summed E-state index contributed by atoms with van der Waals surface area (Å²) in [5.74, 6) is 0.356. The van der Waals surface area contributed by atoms with Crippen molar-refractivity contribution >= 4 is 16.9 Å². The number of unbranched alkanes of at least 4 members (excludes halogenated alkanes) is 2. The molecule has 0 spiro atoms. The van der Waals surface area contributed by atoms with Crippen LogP contribution in [0.2, 0.25) is 0 Å². The maximum Gasteiger partial charge on any atom is 0.336 e. The van der Waals surface area contributed by atoms with Crippen LogP contribution in [0.15, 0.2) is 33.5 Å². The summed E-state index contributed by atoms with van der Waals surface area (Å²) in [5.41, 5.74) is 0.924. The summed E-state index contributed by atoms with van der Waals surface area (Å²) in [6.07, 6.45) is 4.43. The van der Waals surface area contributed by atoms with Crippen LogP contribution in [-0.4, -0.2) is 18.6 Å². The monoisotopic (exact) mass is 331 g/mol. The molecule has 0 saturated carbocycles. The lowest BCUT2D eigenvalue weighted by Crippen LogP contribution is -2.36. The summed E-state index contributed by atoms with van der Waals surface area (Å²) < 4.78 is 10.7. The first-order valence-electron chi connectivity index (χ1n) is 8.46. The molecule has 0 aliphatic heterocycles. The van der Waals surface area contributed by atoms with E-state index in [1.165, 1.54) is 18.9 Å². The highest BCUT2D eigenvalue weighted by Crippen LogP contribution is 2.22. The summed E-state index contributed by atoms with van der Waals surface area (Å²) in [6.45, 7) is 5.96. The molecule has 5 heteroatoms. The Balaban J connectivity index is 1.91. The topological polar surface area (TPSA) is 68.5 Å². The number of rotatable bonds is 8. The van der Waals surface area contributed by atoms with Crippen LogP contribution in [0.1, 0.15) is 45.1 Å². The first kappa shape index (κ1) is 18.0. The summed E-state index contributed by atoms with van der Waals surface area (Å²) in [6, 6.07) is 6.84. The molecule has 0 aliphatic rings. The van der Waals surface area contributed by atoms with Crippen LogP contribution in [0.25, 0.3) is 11.0 Å². The van der Waals surface area contributed by atoms with Crippen molar-refractivity contribution in [1.82, 2.24) is 5.32 Å². The van der Waals surface area contributed by atoms with Crippen LogP contribution >= 0.6 is 0 Å². The summed E-state index contributed by atoms with van der Waals surface area (Å²) in [7, 11) is 0. The number of hydrogen-bond donors (Lipinski definition) is 1. The molecule has 0 bridgehead atoms. The fourth-order valence-corrected chi connectivity index (χ4v) is 2.63. The zero-order valence-electron chi connectivity index (χ0n) is 14.6. The average molecular weight is 331 g/mol. The van der Waals surface area contributed by atoms with Gasteiger partial charge in [0.1, 0.15) is 11.3 Å². The minimum atomic E-state index is -0.393. The largest absolute Gasteiger partial charge is 0.484 e. The van der Waals surface area contributed by atoms with Gasteiger partial charge >= 0.3 is 5.63 Å². The molecule has 1 amide bonds. The van der Waals surface area contributed by atoms with Gasteiger partial charge in [-0.05, 0) is 38.0 Å². The lowest BCUT2D eigenvalue weighted by Gasteiger charge is -2.14. The summed E-state index contributed by atoms with van der Waals surface area (Å²) >= 11 is 0. The van der Waals surface area contributed by atoms with E-state index in [0.29, 0.717) is 11.3 Å². The third-order valence-corrected chi connectivity index (χ3v) is 3.94. The van der Waals surface area contributed by atoms with Gasteiger partial charge in [0.15, 0.2) is 6.61 Å². The van der Waals surface area contributed by atoms with Crippen LogP contribution in [0, 0.1) is 6.92 Å². The number of amides is 1. The van der Waals surface area contributed by atoms with Gasteiger partial charge in [0, 0.05) is 23.6 Å². The van der Waals surface area contributed by atoms with Gasteiger partial charge in [-0.3, -0.25) is 4.79 Å². The fraction of sp³-hybridized carbons (Fsp3) is 0.474. The quantitative estimate of drug-likeness (QED) is 0.593. The van der Waals surface area contributed by atoms with Gasteiger partial charge in [0.05, 0.1) is 0 Å². The lowest BCUT2D eigenvalue weighted by atomic mass is 10.1. The maximum absolute atomic E-state index is 11.9. The number of hydrogen-bond acceptors (Lipinski definition) is 4.